The van der Waals surface area contributed by atoms with E-state index in [1.807, 2.05) is 36.5 Å². The van der Waals surface area contributed by atoms with Crippen molar-refractivity contribution in [2.24, 2.45) is 10.7 Å². The zero-order valence-corrected chi connectivity index (χ0v) is 21.6. The highest BCUT2D eigenvalue weighted by Gasteiger charge is 2.17. The number of anilines is 3. The van der Waals surface area contributed by atoms with Gasteiger partial charge in [0.05, 0.1) is 54.8 Å². The molecule has 38 heavy (non-hydrogen) atoms. The van der Waals surface area contributed by atoms with Crippen LogP contribution < -0.4 is 21.3 Å². The van der Waals surface area contributed by atoms with Crippen LogP contribution in [0.4, 0.5) is 17.5 Å². The molecule has 0 saturated carbocycles. The average molecular weight is 518 g/mol. The van der Waals surface area contributed by atoms with Crippen molar-refractivity contribution in [1.29, 1.82) is 0 Å². The number of ether oxygens (including phenoxy) is 2. The minimum Gasteiger partial charge on any atom is -0.499 e. The molecule has 2 fully saturated rings. The second-order valence-corrected chi connectivity index (χ2v) is 9.11. The zero-order valence-electron chi connectivity index (χ0n) is 21.6. The Labute approximate surface area is 222 Å². The van der Waals surface area contributed by atoms with Crippen LogP contribution in [0.2, 0.25) is 0 Å². The first-order chi connectivity index (χ1) is 18.8. The molecule has 5 rings (SSSR count). The van der Waals surface area contributed by atoms with Gasteiger partial charge in [0.1, 0.15) is 12.4 Å². The monoisotopic (exact) mass is 517 g/mol. The minimum atomic E-state index is 0.174. The van der Waals surface area contributed by atoms with E-state index >= 15 is 0 Å². The van der Waals surface area contributed by atoms with Crippen molar-refractivity contribution in [2.75, 3.05) is 82.5 Å². The molecule has 0 aliphatic carbocycles. The first-order valence-corrected chi connectivity index (χ1v) is 13.1. The Hall–Kier alpha value is -3.64. The molecule has 4 heterocycles. The van der Waals surface area contributed by atoms with Crippen LogP contribution >= 0.6 is 0 Å². The number of aromatic nitrogens is 3. The molecule has 2 aliphatic heterocycles. The van der Waals surface area contributed by atoms with E-state index in [4.69, 9.17) is 25.2 Å². The summed E-state index contributed by atoms with van der Waals surface area (Å²) in [6, 6.07) is 12.0. The Morgan fingerprint density at radius 1 is 1.13 bits per heavy atom. The molecule has 0 amide bonds. The fourth-order valence-corrected chi connectivity index (χ4v) is 4.41. The normalized spacial score (nSPS) is 17.3. The molecule has 0 unspecified atom stereocenters. The van der Waals surface area contributed by atoms with Gasteiger partial charge in [-0.2, -0.15) is 4.98 Å². The van der Waals surface area contributed by atoms with Crippen molar-refractivity contribution < 1.29 is 9.47 Å². The van der Waals surface area contributed by atoms with Gasteiger partial charge in [0.2, 0.25) is 5.95 Å². The summed E-state index contributed by atoms with van der Waals surface area (Å²) in [5, 5.41) is 7.84. The molecular weight excluding hydrogens is 482 g/mol. The first kappa shape index (κ1) is 26.0. The molecule has 0 atom stereocenters. The van der Waals surface area contributed by atoms with Crippen molar-refractivity contribution in [3.8, 4) is 0 Å². The third-order valence-electron chi connectivity index (χ3n) is 6.45. The van der Waals surface area contributed by atoms with Gasteiger partial charge in [0.25, 0.3) is 0 Å². The molecule has 11 nitrogen and oxygen atoms in total. The highest BCUT2D eigenvalue weighted by atomic mass is 16.5. The minimum absolute atomic E-state index is 0.174. The topological polar surface area (TPSA) is 126 Å². The summed E-state index contributed by atoms with van der Waals surface area (Å²) in [5.74, 6) is 1.27. The van der Waals surface area contributed by atoms with E-state index in [1.165, 1.54) is 0 Å². The largest absolute Gasteiger partial charge is 0.499 e. The van der Waals surface area contributed by atoms with Gasteiger partial charge in [-0.15, -0.1) is 0 Å². The quantitative estimate of drug-likeness (QED) is 0.208. The van der Waals surface area contributed by atoms with Crippen molar-refractivity contribution in [1.82, 2.24) is 25.2 Å². The molecule has 11 heteroatoms. The van der Waals surface area contributed by atoms with Crippen molar-refractivity contribution >= 4 is 40.1 Å². The van der Waals surface area contributed by atoms with E-state index in [9.17, 15) is 0 Å². The number of pyridine rings is 1. The lowest BCUT2D eigenvalue weighted by Gasteiger charge is -2.27. The van der Waals surface area contributed by atoms with Crippen molar-refractivity contribution in [2.45, 2.75) is 0 Å². The Morgan fingerprint density at radius 2 is 1.97 bits per heavy atom. The van der Waals surface area contributed by atoms with Crippen LogP contribution in [-0.2, 0) is 9.47 Å². The van der Waals surface area contributed by atoms with Gasteiger partial charge in [-0.1, -0.05) is 18.2 Å². The third-order valence-corrected chi connectivity index (χ3v) is 6.45. The number of aliphatic imine (C=N–C) groups is 1. The predicted molar refractivity (Wildman–Crippen MR) is 151 cm³/mol. The van der Waals surface area contributed by atoms with E-state index in [0.717, 1.165) is 68.0 Å². The number of hydrogen-bond donors (Lipinski definition) is 3. The van der Waals surface area contributed by atoms with E-state index in [2.05, 4.69) is 36.5 Å². The third kappa shape index (κ3) is 7.01. The van der Waals surface area contributed by atoms with E-state index in [1.54, 1.807) is 12.5 Å². The molecule has 2 aliphatic rings. The van der Waals surface area contributed by atoms with Crippen LogP contribution in [0.15, 0.2) is 53.8 Å². The number of fused-ring (bicyclic) bond motifs is 1. The second-order valence-electron chi connectivity index (χ2n) is 9.11. The Balaban J connectivity index is 1.41. The molecule has 3 aromatic rings. The maximum absolute atomic E-state index is 5.96. The first-order valence-electron chi connectivity index (χ1n) is 13.1. The van der Waals surface area contributed by atoms with Crippen LogP contribution in [0.1, 0.15) is 5.69 Å². The van der Waals surface area contributed by atoms with Crippen LogP contribution in [0.3, 0.4) is 0 Å². The SMILES string of the molecule is NC/N=C\C(=C\OCCN1CCNCC1)c1cc(Nc2cnc3ccccc3c2)nc(N2CCOCC2)n1. The van der Waals surface area contributed by atoms with Gasteiger partial charge in [-0.05, 0) is 12.1 Å². The molecule has 2 aromatic heterocycles. The van der Waals surface area contributed by atoms with Gasteiger partial charge >= 0.3 is 0 Å². The number of nitrogens with zero attached hydrogens (tertiary/aromatic N) is 6. The molecule has 200 valence electrons. The number of benzene rings is 1. The number of piperazine rings is 1. The summed E-state index contributed by atoms with van der Waals surface area (Å²) in [4.78, 5) is 23.0. The Morgan fingerprint density at radius 3 is 2.82 bits per heavy atom. The van der Waals surface area contributed by atoms with Gasteiger partial charge in [-0.3, -0.25) is 14.9 Å². The fraction of sp³-hybridized carbons (Fsp3) is 0.407. The summed E-state index contributed by atoms with van der Waals surface area (Å²) >= 11 is 0. The van der Waals surface area contributed by atoms with Gasteiger partial charge in [0.15, 0.2) is 0 Å². The molecule has 4 N–H and O–H groups in total. The highest BCUT2D eigenvalue weighted by molar-refractivity contribution is 6.09. The molecule has 0 radical (unpaired) electrons. The maximum Gasteiger partial charge on any atom is 0.228 e. The standard InChI is InChI=1S/C27H35N9O2/c28-20-30-17-22(19-38-12-9-35-7-5-29-6-8-35)25-16-26(34-27(33-25)36-10-13-37-14-11-36)32-23-15-21-3-1-2-4-24(21)31-18-23/h1-4,15-19,29H,5-14,20,28H2,(H,32,33,34)/b22-19-,30-17-. The molecule has 0 bridgehead atoms. The van der Waals surface area contributed by atoms with Crippen LogP contribution in [-0.4, -0.2) is 98.4 Å². The summed E-state index contributed by atoms with van der Waals surface area (Å²) in [6.45, 7) is 8.41. The van der Waals surface area contributed by atoms with Crippen LogP contribution in [0.5, 0.6) is 0 Å². The van der Waals surface area contributed by atoms with Crippen molar-refractivity contribution in [3.05, 3.63) is 54.6 Å². The van der Waals surface area contributed by atoms with E-state index in [0.29, 0.717) is 37.3 Å². The lowest BCUT2D eigenvalue weighted by Crippen LogP contribution is -2.44. The molecule has 0 spiro atoms. The maximum atomic E-state index is 5.96. The summed E-state index contributed by atoms with van der Waals surface area (Å²) in [5.41, 5.74) is 8.88. The highest BCUT2D eigenvalue weighted by Crippen LogP contribution is 2.24. The zero-order chi connectivity index (χ0) is 26.0. The fourth-order valence-electron chi connectivity index (χ4n) is 4.41. The van der Waals surface area contributed by atoms with Gasteiger partial charge in [0, 0.05) is 63.5 Å². The number of para-hydroxylation sites is 1. The van der Waals surface area contributed by atoms with E-state index < -0.39 is 0 Å². The number of morpholine rings is 1. The average Bonchev–Trinajstić information content (AvgIpc) is 2.97. The summed E-state index contributed by atoms with van der Waals surface area (Å²) in [7, 11) is 0. The Kier molecular flexibility index (Phi) is 9.06. The molecule has 1 aromatic carbocycles. The summed E-state index contributed by atoms with van der Waals surface area (Å²) < 4.78 is 11.5. The smallest absolute Gasteiger partial charge is 0.228 e. The second kappa shape index (κ2) is 13.2. The van der Waals surface area contributed by atoms with Crippen LogP contribution in [0.25, 0.3) is 16.5 Å². The van der Waals surface area contributed by atoms with Gasteiger partial charge in [-0.25, -0.2) is 4.98 Å². The van der Waals surface area contributed by atoms with E-state index in [-0.39, 0.29) is 6.67 Å². The number of allylic oxidation sites excluding steroid dienone is 1. The Bertz CT molecular complexity index is 1250. The lowest BCUT2D eigenvalue weighted by molar-refractivity contribution is 0.122. The number of nitrogens with one attached hydrogen (secondary N) is 2. The predicted octanol–water partition coefficient (Wildman–Crippen LogP) is 1.85. The van der Waals surface area contributed by atoms with Crippen LogP contribution in [0, 0.1) is 0 Å². The van der Waals surface area contributed by atoms with Gasteiger partial charge < -0.3 is 30.7 Å². The number of rotatable bonds is 10. The number of nitrogens with two attached hydrogens (primary N) is 1. The lowest BCUT2D eigenvalue weighted by atomic mass is 10.2. The molecular formula is C27H35N9O2. The van der Waals surface area contributed by atoms with Crippen molar-refractivity contribution in [3.63, 3.8) is 0 Å². The molecule has 2 saturated heterocycles. The number of hydrogen-bond acceptors (Lipinski definition) is 11. The summed E-state index contributed by atoms with van der Waals surface area (Å²) in [6.07, 6.45) is 5.23.